The van der Waals surface area contributed by atoms with Gasteiger partial charge < -0.3 is 15.3 Å². The highest BCUT2D eigenvalue weighted by Gasteiger charge is 2.18. The molecule has 0 aliphatic heterocycles. The number of carbonyl (C=O) groups excluding carboxylic acids is 1. The van der Waals surface area contributed by atoms with E-state index in [4.69, 9.17) is 5.11 Å². The Kier molecular flexibility index (Phi) is 5.29. The van der Waals surface area contributed by atoms with Gasteiger partial charge in [0.15, 0.2) is 0 Å². The summed E-state index contributed by atoms with van der Waals surface area (Å²) in [6.45, 7) is 5.98. The van der Waals surface area contributed by atoms with E-state index in [1.165, 1.54) is 11.8 Å². The number of rotatable bonds is 5. The van der Waals surface area contributed by atoms with E-state index in [0.29, 0.717) is 13.1 Å². The van der Waals surface area contributed by atoms with Crippen molar-refractivity contribution in [1.29, 1.82) is 0 Å². The number of carboxylic acid groups (broad SMARTS) is 1. The van der Waals surface area contributed by atoms with Crippen LogP contribution in [0.5, 0.6) is 0 Å². The molecule has 1 atom stereocenters. The van der Waals surface area contributed by atoms with Gasteiger partial charge in [-0.1, -0.05) is 6.07 Å². The Bertz CT molecular complexity index is 462. The zero-order valence-electron chi connectivity index (χ0n) is 11.4. The first-order valence-electron chi connectivity index (χ1n) is 6.14. The van der Waals surface area contributed by atoms with Crippen molar-refractivity contribution in [3.8, 4) is 0 Å². The summed E-state index contributed by atoms with van der Waals surface area (Å²) in [4.78, 5) is 28.4. The molecule has 19 heavy (non-hydrogen) atoms. The summed E-state index contributed by atoms with van der Waals surface area (Å²) in [5.74, 6) is -1.06. The molecule has 2 N–H and O–H groups in total. The molecule has 0 saturated heterocycles. The third kappa shape index (κ3) is 4.57. The largest absolute Gasteiger partial charge is 0.480 e. The SMILES string of the molecule is CCN(Cc1cccc(C)n1)C(=O)N[C@@H](C)C(=O)O. The van der Waals surface area contributed by atoms with Gasteiger partial charge in [0.2, 0.25) is 0 Å². The Morgan fingerprint density at radius 1 is 1.47 bits per heavy atom. The number of hydrogen-bond acceptors (Lipinski definition) is 3. The van der Waals surface area contributed by atoms with Crippen molar-refractivity contribution in [2.24, 2.45) is 0 Å². The normalized spacial score (nSPS) is 11.7. The van der Waals surface area contributed by atoms with Crippen molar-refractivity contribution in [3.05, 3.63) is 29.6 Å². The first-order chi connectivity index (χ1) is 8.93. The second-order valence-corrected chi connectivity index (χ2v) is 4.29. The van der Waals surface area contributed by atoms with Gasteiger partial charge in [0.1, 0.15) is 6.04 Å². The molecule has 0 aliphatic carbocycles. The Morgan fingerprint density at radius 2 is 2.16 bits per heavy atom. The number of carboxylic acids is 1. The fourth-order valence-electron chi connectivity index (χ4n) is 1.55. The molecule has 1 heterocycles. The van der Waals surface area contributed by atoms with Crippen LogP contribution in [0.1, 0.15) is 25.2 Å². The number of urea groups is 1. The monoisotopic (exact) mass is 265 g/mol. The van der Waals surface area contributed by atoms with E-state index in [-0.39, 0.29) is 0 Å². The molecule has 0 aliphatic rings. The summed E-state index contributed by atoms with van der Waals surface area (Å²) in [5.41, 5.74) is 1.66. The van der Waals surface area contributed by atoms with Crippen LogP contribution in [0.15, 0.2) is 18.2 Å². The van der Waals surface area contributed by atoms with Crippen molar-refractivity contribution in [3.63, 3.8) is 0 Å². The van der Waals surface area contributed by atoms with E-state index >= 15 is 0 Å². The molecule has 0 unspecified atom stereocenters. The third-order valence-electron chi connectivity index (χ3n) is 2.68. The second-order valence-electron chi connectivity index (χ2n) is 4.29. The molecule has 0 saturated carbocycles. The Morgan fingerprint density at radius 3 is 2.68 bits per heavy atom. The fraction of sp³-hybridized carbons (Fsp3) is 0.462. The summed E-state index contributed by atoms with van der Waals surface area (Å²) >= 11 is 0. The van der Waals surface area contributed by atoms with Crippen LogP contribution in [0.25, 0.3) is 0 Å². The summed E-state index contributed by atoms with van der Waals surface area (Å²) in [6.07, 6.45) is 0. The summed E-state index contributed by atoms with van der Waals surface area (Å²) in [5, 5.41) is 11.2. The second kappa shape index (κ2) is 6.72. The van der Waals surface area contributed by atoms with Crippen LogP contribution in [-0.2, 0) is 11.3 Å². The minimum absolute atomic E-state index is 0.357. The molecule has 1 aromatic rings. The minimum atomic E-state index is -1.06. The number of amides is 2. The summed E-state index contributed by atoms with van der Waals surface area (Å²) < 4.78 is 0. The topological polar surface area (TPSA) is 82.5 Å². The zero-order chi connectivity index (χ0) is 14.4. The van der Waals surface area contributed by atoms with Crippen LogP contribution in [0.3, 0.4) is 0 Å². The number of carbonyl (C=O) groups is 2. The Balaban J connectivity index is 2.67. The quantitative estimate of drug-likeness (QED) is 0.843. The van der Waals surface area contributed by atoms with Gasteiger partial charge in [0.05, 0.1) is 12.2 Å². The van der Waals surface area contributed by atoms with Crippen LogP contribution >= 0.6 is 0 Å². The van der Waals surface area contributed by atoms with Crippen molar-refractivity contribution >= 4 is 12.0 Å². The lowest BCUT2D eigenvalue weighted by atomic mass is 10.3. The highest BCUT2D eigenvalue weighted by molar-refractivity contribution is 5.82. The number of pyridine rings is 1. The average molecular weight is 265 g/mol. The molecule has 2 amide bonds. The molecule has 0 bridgehead atoms. The number of aryl methyl sites for hydroxylation is 1. The smallest absolute Gasteiger partial charge is 0.325 e. The Labute approximate surface area is 112 Å². The number of aliphatic carboxylic acids is 1. The molecule has 0 radical (unpaired) electrons. The van der Waals surface area contributed by atoms with Crippen LogP contribution < -0.4 is 5.32 Å². The van der Waals surface area contributed by atoms with E-state index in [1.807, 2.05) is 32.0 Å². The van der Waals surface area contributed by atoms with E-state index in [1.54, 1.807) is 0 Å². The van der Waals surface area contributed by atoms with Crippen molar-refractivity contribution < 1.29 is 14.7 Å². The lowest BCUT2D eigenvalue weighted by Crippen LogP contribution is -2.46. The summed E-state index contributed by atoms with van der Waals surface area (Å²) in [7, 11) is 0. The standard InChI is InChI=1S/C13H19N3O3/c1-4-16(13(19)15-10(3)12(17)18)8-11-7-5-6-9(2)14-11/h5-7,10H,4,8H2,1-3H3,(H,15,19)(H,17,18)/t10-/m0/s1. The molecule has 6 nitrogen and oxygen atoms in total. The molecule has 0 spiro atoms. The van der Waals surface area contributed by atoms with Gasteiger partial charge in [0.25, 0.3) is 0 Å². The number of aromatic nitrogens is 1. The van der Waals surface area contributed by atoms with Gasteiger partial charge in [-0.3, -0.25) is 9.78 Å². The maximum Gasteiger partial charge on any atom is 0.325 e. The molecule has 0 fully saturated rings. The number of nitrogens with zero attached hydrogens (tertiary/aromatic N) is 2. The summed E-state index contributed by atoms with van der Waals surface area (Å²) in [6, 6.07) is 4.28. The molecule has 6 heteroatoms. The fourth-order valence-corrected chi connectivity index (χ4v) is 1.55. The van der Waals surface area contributed by atoms with Gasteiger partial charge >= 0.3 is 12.0 Å². The number of hydrogen-bond donors (Lipinski definition) is 2. The van der Waals surface area contributed by atoms with Gasteiger partial charge in [0, 0.05) is 12.2 Å². The lowest BCUT2D eigenvalue weighted by molar-refractivity contribution is -0.138. The maximum absolute atomic E-state index is 11.9. The minimum Gasteiger partial charge on any atom is -0.480 e. The molecular weight excluding hydrogens is 246 g/mol. The molecule has 104 valence electrons. The zero-order valence-corrected chi connectivity index (χ0v) is 11.4. The molecule has 1 aromatic heterocycles. The lowest BCUT2D eigenvalue weighted by Gasteiger charge is -2.22. The van der Waals surface area contributed by atoms with Crippen LogP contribution in [0.2, 0.25) is 0 Å². The average Bonchev–Trinajstić information content (AvgIpc) is 2.35. The molecule has 0 aromatic carbocycles. The highest BCUT2D eigenvalue weighted by Crippen LogP contribution is 2.04. The first kappa shape index (κ1) is 14.9. The first-order valence-corrected chi connectivity index (χ1v) is 6.14. The van der Waals surface area contributed by atoms with Crippen LogP contribution in [0, 0.1) is 6.92 Å². The Hall–Kier alpha value is -2.11. The van der Waals surface area contributed by atoms with E-state index in [9.17, 15) is 9.59 Å². The van der Waals surface area contributed by atoms with E-state index in [2.05, 4.69) is 10.3 Å². The van der Waals surface area contributed by atoms with Gasteiger partial charge in [-0.05, 0) is 32.9 Å². The predicted molar refractivity (Wildman–Crippen MR) is 70.7 cm³/mol. The van der Waals surface area contributed by atoms with E-state index in [0.717, 1.165) is 11.4 Å². The maximum atomic E-state index is 11.9. The van der Waals surface area contributed by atoms with E-state index < -0.39 is 18.0 Å². The highest BCUT2D eigenvalue weighted by atomic mass is 16.4. The van der Waals surface area contributed by atoms with Crippen LogP contribution in [0.4, 0.5) is 4.79 Å². The van der Waals surface area contributed by atoms with Crippen molar-refractivity contribution in [2.45, 2.75) is 33.4 Å². The number of nitrogens with one attached hydrogen (secondary N) is 1. The van der Waals surface area contributed by atoms with Gasteiger partial charge in [-0.25, -0.2) is 4.79 Å². The third-order valence-corrected chi connectivity index (χ3v) is 2.68. The van der Waals surface area contributed by atoms with Crippen molar-refractivity contribution in [2.75, 3.05) is 6.54 Å². The van der Waals surface area contributed by atoms with Gasteiger partial charge in [-0.2, -0.15) is 0 Å². The van der Waals surface area contributed by atoms with Crippen LogP contribution in [-0.4, -0.2) is 39.6 Å². The molecular formula is C13H19N3O3. The van der Waals surface area contributed by atoms with Gasteiger partial charge in [-0.15, -0.1) is 0 Å². The molecule has 1 rings (SSSR count). The van der Waals surface area contributed by atoms with Crippen molar-refractivity contribution in [1.82, 2.24) is 15.2 Å². The predicted octanol–water partition coefficient (Wildman–Crippen LogP) is 1.39.